The van der Waals surface area contributed by atoms with Gasteiger partial charge in [0.1, 0.15) is 17.3 Å². The maximum Gasteiger partial charge on any atom is 0.191 e. The lowest BCUT2D eigenvalue weighted by atomic mass is 10.2. The second-order valence-corrected chi connectivity index (χ2v) is 7.85. The molecule has 2 aromatic heterocycles. The lowest BCUT2D eigenvalue weighted by Crippen LogP contribution is -2.39. The summed E-state index contributed by atoms with van der Waals surface area (Å²) in [4.78, 5) is 9.43. The monoisotopic (exact) mass is 445 g/mol. The first kappa shape index (κ1) is 22.5. The Kier molecular flexibility index (Phi) is 7.64. The minimum absolute atomic E-state index is 0.589. The van der Waals surface area contributed by atoms with Gasteiger partial charge in [-0.15, -0.1) is 0 Å². The first-order valence-electron chi connectivity index (χ1n) is 11.3. The van der Waals surface area contributed by atoms with Gasteiger partial charge in [0, 0.05) is 26.1 Å². The number of imidazole rings is 1. The summed E-state index contributed by atoms with van der Waals surface area (Å²) in [5, 5.41) is 6.89. The molecule has 0 atom stereocenters. The zero-order valence-corrected chi connectivity index (χ0v) is 19.3. The van der Waals surface area contributed by atoms with Crippen LogP contribution in [0.1, 0.15) is 23.6 Å². The minimum Gasteiger partial charge on any atom is -0.497 e. The molecule has 0 fully saturated rings. The number of nitrogens with zero attached hydrogens (tertiary/aromatic N) is 3. The summed E-state index contributed by atoms with van der Waals surface area (Å²) < 4.78 is 12.9. The van der Waals surface area contributed by atoms with Crippen LogP contribution in [-0.4, -0.2) is 35.7 Å². The number of rotatable bonds is 10. The fraction of sp³-hybridized carbons (Fsp3) is 0.308. The predicted molar refractivity (Wildman–Crippen MR) is 132 cm³/mol. The van der Waals surface area contributed by atoms with Crippen LogP contribution in [0.15, 0.2) is 76.3 Å². The third kappa shape index (κ3) is 6.16. The predicted octanol–water partition coefficient (Wildman–Crippen LogP) is 4.31. The van der Waals surface area contributed by atoms with E-state index in [0.717, 1.165) is 66.8 Å². The molecule has 0 aliphatic rings. The number of aliphatic imine (C=N–C) groups is 1. The summed E-state index contributed by atoms with van der Waals surface area (Å²) in [6, 6.07) is 20.2. The zero-order valence-electron chi connectivity index (χ0n) is 19.3. The number of hydrogen-bond acceptors (Lipinski definition) is 4. The van der Waals surface area contributed by atoms with Crippen LogP contribution in [-0.2, 0) is 19.5 Å². The molecule has 0 aliphatic heterocycles. The second kappa shape index (κ2) is 11.2. The topological polar surface area (TPSA) is 76.6 Å². The Morgan fingerprint density at radius 3 is 2.64 bits per heavy atom. The molecule has 2 heterocycles. The van der Waals surface area contributed by atoms with Gasteiger partial charge in [-0.3, -0.25) is 0 Å². The average molecular weight is 446 g/mol. The Bertz CT molecular complexity index is 1160. The quantitative estimate of drug-likeness (QED) is 0.216. The summed E-state index contributed by atoms with van der Waals surface area (Å²) in [6.07, 6.45) is 3.47. The number of aryl methyl sites for hydroxylation is 2. The van der Waals surface area contributed by atoms with Crippen LogP contribution in [0, 0.1) is 6.92 Å². The van der Waals surface area contributed by atoms with Crippen molar-refractivity contribution in [2.45, 2.75) is 32.9 Å². The molecule has 33 heavy (non-hydrogen) atoms. The van der Waals surface area contributed by atoms with Crippen molar-refractivity contribution in [1.82, 2.24) is 20.2 Å². The Labute approximate surface area is 194 Å². The van der Waals surface area contributed by atoms with Gasteiger partial charge in [0.05, 0.1) is 31.0 Å². The molecule has 7 nitrogen and oxygen atoms in total. The molecule has 7 heteroatoms. The van der Waals surface area contributed by atoms with Gasteiger partial charge >= 0.3 is 0 Å². The number of fused-ring (bicyclic) bond motifs is 1. The third-order valence-electron chi connectivity index (χ3n) is 5.52. The number of guanidine groups is 1. The van der Waals surface area contributed by atoms with Gasteiger partial charge < -0.3 is 24.4 Å². The molecular formula is C26H31N5O2. The number of nitrogens with one attached hydrogen (secondary N) is 2. The maximum atomic E-state index is 5.43. The van der Waals surface area contributed by atoms with E-state index in [9.17, 15) is 0 Å². The van der Waals surface area contributed by atoms with Gasteiger partial charge in [0.15, 0.2) is 5.96 Å². The molecule has 2 N–H and O–H groups in total. The van der Waals surface area contributed by atoms with Crippen LogP contribution in [0.2, 0.25) is 0 Å². The molecule has 4 rings (SSSR count). The van der Waals surface area contributed by atoms with Crippen LogP contribution in [0.25, 0.3) is 11.0 Å². The van der Waals surface area contributed by atoms with Gasteiger partial charge in [-0.05, 0) is 55.3 Å². The van der Waals surface area contributed by atoms with E-state index in [1.165, 1.54) is 5.52 Å². The highest BCUT2D eigenvalue weighted by Crippen LogP contribution is 2.15. The summed E-state index contributed by atoms with van der Waals surface area (Å²) >= 11 is 0. The van der Waals surface area contributed by atoms with Crippen LogP contribution in [0.5, 0.6) is 5.75 Å². The highest BCUT2D eigenvalue weighted by molar-refractivity contribution is 5.79. The normalized spacial score (nSPS) is 11.6. The number of furan rings is 1. The van der Waals surface area contributed by atoms with Gasteiger partial charge in [0.25, 0.3) is 0 Å². The SMILES string of the molecule is COc1ccc(CN=C(NCCCn2c(C)nc3ccccc32)NCCc2ccco2)cc1. The number of benzene rings is 2. The van der Waals surface area contributed by atoms with E-state index in [4.69, 9.17) is 14.1 Å². The minimum atomic E-state index is 0.589. The summed E-state index contributed by atoms with van der Waals surface area (Å²) in [5.74, 6) is 3.64. The lowest BCUT2D eigenvalue weighted by molar-refractivity contribution is 0.414. The van der Waals surface area contributed by atoms with E-state index in [0.29, 0.717) is 6.54 Å². The van der Waals surface area contributed by atoms with E-state index in [-0.39, 0.29) is 0 Å². The highest BCUT2D eigenvalue weighted by atomic mass is 16.5. The maximum absolute atomic E-state index is 5.43. The van der Waals surface area contributed by atoms with Crippen LogP contribution in [0.4, 0.5) is 0 Å². The van der Waals surface area contributed by atoms with Crippen molar-refractivity contribution < 1.29 is 9.15 Å². The fourth-order valence-electron chi connectivity index (χ4n) is 3.76. The zero-order chi connectivity index (χ0) is 22.9. The first-order valence-corrected chi connectivity index (χ1v) is 11.3. The van der Waals surface area contributed by atoms with E-state index in [1.807, 2.05) is 42.5 Å². The standard InChI is InChI=1S/C26H31N5O2/c1-20-30-24-8-3-4-9-25(24)31(20)17-6-15-27-26(28-16-14-23-7-5-18-33-23)29-19-21-10-12-22(32-2)13-11-21/h3-5,7-13,18H,6,14-17,19H2,1-2H3,(H2,27,28,29). The number of methoxy groups -OCH3 is 1. The number of aromatic nitrogens is 2. The molecule has 0 unspecified atom stereocenters. The van der Waals surface area contributed by atoms with E-state index in [1.54, 1.807) is 13.4 Å². The van der Waals surface area contributed by atoms with Crippen molar-refractivity contribution in [3.63, 3.8) is 0 Å². The molecular weight excluding hydrogens is 414 g/mol. The number of para-hydroxylation sites is 2. The van der Waals surface area contributed by atoms with Crippen LogP contribution >= 0.6 is 0 Å². The third-order valence-corrected chi connectivity index (χ3v) is 5.52. The van der Waals surface area contributed by atoms with Crippen molar-refractivity contribution in [3.8, 4) is 5.75 Å². The number of ether oxygens (including phenoxy) is 1. The largest absolute Gasteiger partial charge is 0.497 e. The summed E-state index contributed by atoms with van der Waals surface area (Å²) in [6.45, 7) is 5.10. The fourth-order valence-corrected chi connectivity index (χ4v) is 3.76. The Balaban J connectivity index is 1.33. The summed E-state index contributed by atoms with van der Waals surface area (Å²) in [7, 11) is 1.67. The molecule has 0 bridgehead atoms. The Morgan fingerprint density at radius 2 is 1.85 bits per heavy atom. The molecule has 0 spiro atoms. The van der Waals surface area contributed by atoms with Crippen molar-refractivity contribution >= 4 is 17.0 Å². The molecule has 2 aromatic carbocycles. The Morgan fingerprint density at radius 1 is 1.03 bits per heavy atom. The first-order chi connectivity index (χ1) is 16.2. The van der Waals surface area contributed by atoms with Crippen molar-refractivity contribution in [3.05, 3.63) is 84.1 Å². The van der Waals surface area contributed by atoms with E-state index in [2.05, 4.69) is 45.3 Å². The van der Waals surface area contributed by atoms with Crippen LogP contribution in [0.3, 0.4) is 0 Å². The van der Waals surface area contributed by atoms with Gasteiger partial charge in [0.2, 0.25) is 0 Å². The second-order valence-electron chi connectivity index (χ2n) is 7.85. The molecule has 0 radical (unpaired) electrons. The Hall–Kier alpha value is -3.74. The molecule has 0 aliphatic carbocycles. The van der Waals surface area contributed by atoms with Crippen molar-refractivity contribution in [1.29, 1.82) is 0 Å². The van der Waals surface area contributed by atoms with Gasteiger partial charge in [-0.1, -0.05) is 24.3 Å². The molecule has 0 saturated carbocycles. The van der Waals surface area contributed by atoms with Gasteiger partial charge in [-0.2, -0.15) is 0 Å². The number of hydrogen-bond donors (Lipinski definition) is 2. The lowest BCUT2D eigenvalue weighted by Gasteiger charge is -2.13. The summed E-state index contributed by atoms with van der Waals surface area (Å²) in [5.41, 5.74) is 3.35. The molecule has 4 aromatic rings. The molecule has 0 amide bonds. The molecule has 0 saturated heterocycles. The van der Waals surface area contributed by atoms with Gasteiger partial charge in [-0.25, -0.2) is 9.98 Å². The van der Waals surface area contributed by atoms with E-state index < -0.39 is 0 Å². The smallest absolute Gasteiger partial charge is 0.191 e. The molecule has 172 valence electrons. The van der Waals surface area contributed by atoms with Crippen molar-refractivity contribution in [2.24, 2.45) is 4.99 Å². The highest BCUT2D eigenvalue weighted by Gasteiger charge is 2.07. The van der Waals surface area contributed by atoms with Crippen molar-refractivity contribution in [2.75, 3.05) is 20.2 Å². The van der Waals surface area contributed by atoms with Crippen LogP contribution < -0.4 is 15.4 Å². The van der Waals surface area contributed by atoms with E-state index >= 15 is 0 Å². The average Bonchev–Trinajstić information content (AvgIpc) is 3.47.